The van der Waals surface area contributed by atoms with Gasteiger partial charge < -0.3 is 15.4 Å². The van der Waals surface area contributed by atoms with E-state index >= 15 is 0 Å². The van der Waals surface area contributed by atoms with Crippen LogP contribution in [0.5, 0.6) is 5.75 Å². The number of methoxy groups -OCH3 is 1. The molecule has 1 heterocycles. The van der Waals surface area contributed by atoms with Crippen LogP contribution in [-0.2, 0) is 0 Å². The van der Waals surface area contributed by atoms with Crippen molar-refractivity contribution >= 4 is 21.8 Å². The third-order valence-corrected chi connectivity index (χ3v) is 3.30. The van der Waals surface area contributed by atoms with Crippen molar-refractivity contribution in [1.82, 2.24) is 10.6 Å². The van der Waals surface area contributed by atoms with Gasteiger partial charge in [0.2, 0.25) is 0 Å². The van der Waals surface area contributed by atoms with Crippen LogP contribution < -0.4 is 15.4 Å². The highest BCUT2D eigenvalue weighted by Gasteiger charge is 2.19. The molecule has 1 amide bonds. The molecule has 0 unspecified atom stereocenters. The van der Waals surface area contributed by atoms with Crippen molar-refractivity contribution in [1.29, 1.82) is 0 Å². The second-order valence-corrected chi connectivity index (χ2v) is 4.92. The van der Waals surface area contributed by atoms with Crippen LogP contribution in [0.4, 0.5) is 0 Å². The van der Waals surface area contributed by atoms with Crippen molar-refractivity contribution < 1.29 is 9.53 Å². The lowest BCUT2D eigenvalue weighted by molar-refractivity contribution is 0.0937. The summed E-state index contributed by atoms with van der Waals surface area (Å²) >= 11 is 3.35. The van der Waals surface area contributed by atoms with Crippen molar-refractivity contribution in [2.75, 3.05) is 20.2 Å². The van der Waals surface area contributed by atoms with E-state index in [2.05, 4.69) is 26.6 Å². The molecule has 1 atom stereocenters. The van der Waals surface area contributed by atoms with Crippen LogP contribution in [0.1, 0.15) is 16.8 Å². The Balaban J connectivity index is 2.12. The monoisotopic (exact) mass is 298 g/mol. The van der Waals surface area contributed by atoms with E-state index in [1.165, 1.54) is 0 Å². The lowest BCUT2D eigenvalue weighted by Gasteiger charge is -2.13. The fraction of sp³-hybridized carbons (Fsp3) is 0.417. The van der Waals surface area contributed by atoms with E-state index < -0.39 is 0 Å². The van der Waals surface area contributed by atoms with E-state index in [1.54, 1.807) is 19.2 Å². The average molecular weight is 299 g/mol. The Morgan fingerprint density at radius 3 is 3.06 bits per heavy atom. The Morgan fingerprint density at radius 1 is 1.59 bits per heavy atom. The van der Waals surface area contributed by atoms with Gasteiger partial charge in [-0.1, -0.05) is 15.9 Å². The van der Waals surface area contributed by atoms with Gasteiger partial charge >= 0.3 is 0 Å². The second kappa shape index (κ2) is 5.51. The first kappa shape index (κ1) is 12.4. The van der Waals surface area contributed by atoms with Crippen LogP contribution in [0, 0.1) is 0 Å². The molecule has 17 heavy (non-hydrogen) atoms. The van der Waals surface area contributed by atoms with Gasteiger partial charge in [-0.15, -0.1) is 0 Å². The van der Waals surface area contributed by atoms with Crippen molar-refractivity contribution in [3.8, 4) is 5.75 Å². The highest BCUT2D eigenvalue weighted by atomic mass is 79.9. The molecule has 0 spiro atoms. The molecule has 0 bridgehead atoms. The predicted molar refractivity (Wildman–Crippen MR) is 69.4 cm³/mol. The summed E-state index contributed by atoms with van der Waals surface area (Å²) in [7, 11) is 1.57. The van der Waals surface area contributed by atoms with Crippen LogP contribution in [0.3, 0.4) is 0 Å². The number of amides is 1. The Kier molecular flexibility index (Phi) is 4.02. The number of hydrogen-bond acceptors (Lipinski definition) is 3. The van der Waals surface area contributed by atoms with Crippen molar-refractivity contribution in [2.45, 2.75) is 12.5 Å². The first-order valence-electron chi connectivity index (χ1n) is 5.56. The van der Waals surface area contributed by atoms with Crippen LogP contribution in [0.25, 0.3) is 0 Å². The molecule has 1 aliphatic heterocycles. The quantitative estimate of drug-likeness (QED) is 0.890. The van der Waals surface area contributed by atoms with Crippen LogP contribution >= 0.6 is 15.9 Å². The lowest BCUT2D eigenvalue weighted by Crippen LogP contribution is -2.36. The summed E-state index contributed by atoms with van der Waals surface area (Å²) in [5.41, 5.74) is 0.572. The number of hydrogen-bond donors (Lipinski definition) is 2. The summed E-state index contributed by atoms with van der Waals surface area (Å²) in [5.74, 6) is 0.505. The minimum Gasteiger partial charge on any atom is -0.496 e. The highest BCUT2D eigenvalue weighted by molar-refractivity contribution is 9.10. The van der Waals surface area contributed by atoms with Gasteiger partial charge in [0.15, 0.2) is 0 Å². The molecular weight excluding hydrogens is 284 g/mol. The van der Waals surface area contributed by atoms with Crippen molar-refractivity contribution in [3.63, 3.8) is 0 Å². The molecule has 2 N–H and O–H groups in total. The van der Waals surface area contributed by atoms with E-state index in [-0.39, 0.29) is 11.9 Å². The van der Waals surface area contributed by atoms with Gasteiger partial charge in [-0.25, -0.2) is 0 Å². The van der Waals surface area contributed by atoms with Crippen molar-refractivity contribution in [3.05, 3.63) is 28.2 Å². The molecule has 0 radical (unpaired) electrons. The second-order valence-electron chi connectivity index (χ2n) is 4.01. The van der Waals surface area contributed by atoms with Crippen LogP contribution in [0.2, 0.25) is 0 Å². The van der Waals surface area contributed by atoms with E-state index in [0.29, 0.717) is 11.3 Å². The van der Waals surface area contributed by atoms with E-state index in [0.717, 1.165) is 24.0 Å². The first-order chi connectivity index (χ1) is 8.20. The molecule has 5 heteroatoms. The SMILES string of the molecule is COc1cc(Br)ccc1C(=O)N[C@H]1CCNC1. The highest BCUT2D eigenvalue weighted by Crippen LogP contribution is 2.23. The van der Waals surface area contributed by atoms with Crippen molar-refractivity contribution in [2.24, 2.45) is 0 Å². The molecule has 0 aliphatic carbocycles. The maximum absolute atomic E-state index is 12.1. The maximum Gasteiger partial charge on any atom is 0.255 e. The molecular formula is C12H15BrN2O2. The van der Waals surface area contributed by atoms with Gasteiger partial charge in [0.1, 0.15) is 5.75 Å². The number of ether oxygens (including phenoxy) is 1. The maximum atomic E-state index is 12.1. The molecule has 1 aromatic carbocycles. The standard InChI is InChI=1S/C12H15BrN2O2/c1-17-11-6-8(13)2-3-10(11)12(16)15-9-4-5-14-7-9/h2-3,6,9,14H,4-5,7H2,1H3,(H,15,16)/t9-/m0/s1. The number of halogens is 1. The zero-order chi connectivity index (χ0) is 12.3. The molecule has 1 saturated heterocycles. The Bertz CT molecular complexity index is 417. The Morgan fingerprint density at radius 2 is 2.41 bits per heavy atom. The van der Waals surface area contributed by atoms with Gasteiger partial charge in [-0.05, 0) is 31.2 Å². The van der Waals surface area contributed by atoms with E-state index in [9.17, 15) is 4.79 Å². The summed E-state index contributed by atoms with van der Waals surface area (Å²) in [6.45, 7) is 1.80. The summed E-state index contributed by atoms with van der Waals surface area (Å²) in [6.07, 6.45) is 0.977. The van der Waals surface area contributed by atoms with Gasteiger partial charge in [0, 0.05) is 17.1 Å². The molecule has 0 saturated carbocycles. The summed E-state index contributed by atoms with van der Waals surface area (Å²) in [6, 6.07) is 5.61. The minimum absolute atomic E-state index is 0.0805. The third kappa shape index (κ3) is 2.98. The molecule has 1 fully saturated rings. The number of carbonyl (C=O) groups excluding carboxylic acids is 1. The smallest absolute Gasteiger partial charge is 0.255 e. The first-order valence-corrected chi connectivity index (χ1v) is 6.35. The lowest BCUT2D eigenvalue weighted by atomic mass is 10.1. The normalized spacial score (nSPS) is 19.1. The molecule has 0 aromatic heterocycles. The van der Waals surface area contributed by atoms with Crippen LogP contribution in [0.15, 0.2) is 22.7 Å². The fourth-order valence-electron chi connectivity index (χ4n) is 1.89. The summed E-state index contributed by atoms with van der Waals surface area (Å²) < 4.78 is 6.10. The predicted octanol–water partition coefficient (Wildman–Crippen LogP) is 1.55. The number of carbonyl (C=O) groups is 1. The number of rotatable bonds is 3. The molecule has 2 rings (SSSR count). The van der Waals surface area contributed by atoms with E-state index in [1.807, 2.05) is 6.07 Å². The topological polar surface area (TPSA) is 50.4 Å². The zero-order valence-electron chi connectivity index (χ0n) is 9.63. The third-order valence-electron chi connectivity index (χ3n) is 2.80. The largest absolute Gasteiger partial charge is 0.496 e. The zero-order valence-corrected chi connectivity index (χ0v) is 11.2. The van der Waals surface area contributed by atoms with Gasteiger partial charge in [-0.3, -0.25) is 4.79 Å². The average Bonchev–Trinajstić information content (AvgIpc) is 2.81. The van der Waals surface area contributed by atoms with Gasteiger partial charge in [0.25, 0.3) is 5.91 Å². The van der Waals surface area contributed by atoms with Gasteiger partial charge in [0.05, 0.1) is 12.7 Å². The Hall–Kier alpha value is -1.07. The number of benzene rings is 1. The summed E-state index contributed by atoms with van der Waals surface area (Å²) in [4.78, 5) is 12.1. The molecule has 1 aromatic rings. The van der Waals surface area contributed by atoms with E-state index in [4.69, 9.17) is 4.74 Å². The minimum atomic E-state index is -0.0805. The molecule has 4 nitrogen and oxygen atoms in total. The fourth-order valence-corrected chi connectivity index (χ4v) is 2.23. The molecule has 1 aliphatic rings. The van der Waals surface area contributed by atoms with Gasteiger partial charge in [-0.2, -0.15) is 0 Å². The number of nitrogens with one attached hydrogen (secondary N) is 2. The van der Waals surface area contributed by atoms with Crippen LogP contribution in [-0.4, -0.2) is 32.1 Å². The summed E-state index contributed by atoms with van der Waals surface area (Å²) in [5, 5.41) is 6.21. The Labute approximate surface area is 109 Å². The molecule has 92 valence electrons.